The first-order valence-electron chi connectivity index (χ1n) is 8.59. The van der Waals surface area contributed by atoms with Crippen molar-refractivity contribution >= 4 is 5.96 Å². The molecule has 1 aliphatic rings. The van der Waals surface area contributed by atoms with Gasteiger partial charge in [-0.15, -0.1) is 0 Å². The Hall–Kier alpha value is -1.82. The lowest BCUT2D eigenvalue weighted by atomic mass is 9.98. The second-order valence-electron chi connectivity index (χ2n) is 6.93. The second kappa shape index (κ2) is 8.33. The first-order valence-corrected chi connectivity index (χ1v) is 8.59. The fourth-order valence-electron chi connectivity index (χ4n) is 2.98. The monoisotopic (exact) mass is 336 g/mol. The standard InChI is InChI=1S/C18H29FN4O/c1-18(2,23-9-5-4-6-10-23)13-22-17(20-3)21-12-14-7-8-16(24)15(19)11-14/h7-8,11,24H,4-6,9-10,12-13H2,1-3H3,(H2,20,21,22). The summed E-state index contributed by atoms with van der Waals surface area (Å²) >= 11 is 0. The largest absolute Gasteiger partial charge is 0.505 e. The predicted octanol–water partition coefficient (Wildman–Crippen LogP) is 2.46. The number of likely N-dealkylation sites (tertiary alicyclic amines) is 1. The quantitative estimate of drug-likeness (QED) is 0.571. The molecule has 0 amide bonds. The van der Waals surface area contributed by atoms with Gasteiger partial charge in [0.2, 0.25) is 0 Å². The third-order valence-corrected chi connectivity index (χ3v) is 4.60. The Balaban J connectivity index is 1.84. The number of phenols is 1. The molecule has 134 valence electrons. The van der Waals surface area contributed by atoms with Gasteiger partial charge in [0.15, 0.2) is 17.5 Å². The molecule has 6 heteroatoms. The third-order valence-electron chi connectivity index (χ3n) is 4.60. The number of aromatic hydroxyl groups is 1. The molecule has 0 aliphatic carbocycles. The lowest BCUT2D eigenvalue weighted by Crippen LogP contribution is -2.54. The number of hydrogen-bond donors (Lipinski definition) is 3. The summed E-state index contributed by atoms with van der Waals surface area (Å²) in [5.74, 6) is -0.249. The van der Waals surface area contributed by atoms with Crippen LogP contribution in [0.15, 0.2) is 23.2 Å². The Morgan fingerprint density at radius 2 is 1.96 bits per heavy atom. The molecule has 0 bridgehead atoms. The van der Waals surface area contributed by atoms with Gasteiger partial charge in [0, 0.05) is 25.7 Å². The maximum Gasteiger partial charge on any atom is 0.191 e. The normalized spacial score (nSPS) is 16.9. The fourth-order valence-corrected chi connectivity index (χ4v) is 2.98. The molecule has 1 fully saturated rings. The summed E-state index contributed by atoms with van der Waals surface area (Å²) in [5, 5.41) is 15.8. The van der Waals surface area contributed by atoms with Gasteiger partial charge in [-0.3, -0.25) is 9.89 Å². The average molecular weight is 336 g/mol. The molecule has 0 unspecified atom stereocenters. The van der Waals surface area contributed by atoms with E-state index in [4.69, 9.17) is 0 Å². The number of rotatable bonds is 5. The van der Waals surface area contributed by atoms with Crippen molar-refractivity contribution in [3.63, 3.8) is 0 Å². The minimum atomic E-state index is -0.608. The van der Waals surface area contributed by atoms with Crippen LogP contribution in [-0.2, 0) is 6.54 Å². The highest BCUT2D eigenvalue weighted by Crippen LogP contribution is 2.20. The van der Waals surface area contributed by atoms with Crippen LogP contribution in [0.25, 0.3) is 0 Å². The Labute approximate surface area is 144 Å². The maximum absolute atomic E-state index is 13.4. The van der Waals surface area contributed by atoms with Crippen molar-refractivity contribution in [2.24, 2.45) is 4.99 Å². The van der Waals surface area contributed by atoms with Crippen LogP contribution in [0, 0.1) is 5.82 Å². The molecule has 0 spiro atoms. The van der Waals surface area contributed by atoms with E-state index < -0.39 is 5.82 Å². The second-order valence-corrected chi connectivity index (χ2v) is 6.93. The van der Waals surface area contributed by atoms with E-state index in [1.807, 2.05) is 0 Å². The molecular formula is C18H29FN4O. The number of nitrogens with one attached hydrogen (secondary N) is 2. The SMILES string of the molecule is CN=C(NCc1ccc(O)c(F)c1)NCC(C)(C)N1CCCCC1. The van der Waals surface area contributed by atoms with Gasteiger partial charge in [0.1, 0.15) is 0 Å². The summed E-state index contributed by atoms with van der Waals surface area (Å²) < 4.78 is 13.4. The first-order chi connectivity index (χ1) is 11.4. The van der Waals surface area contributed by atoms with E-state index in [0.29, 0.717) is 12.5 Å². The molecule has 1 aromatic carbocycles. The molecule has 1 saturated heterocycles. The zero-order chi connectivity index (χ0) is 17.6. The maximum atomic E-state index is 13.4. The molecule has 1 aromatic rings. The molecular weight excluding hydrogens is 307 g/mol. The lowest BCUT2D eigenvalue weighted by Gasteiger charge is -2.41. The van der Waals surface area contributed by atoms with Crippen LogP contribution in [0.3, 0.4) is 0 Å². The number of guanidine groups is 1. The van der Waals surface area contributed by atoms with E-state index >= 15 is 0 Å². The smallest absolute Gasteiger partial charge is 0.191 e. The lowest BCUT2D eigenvalue weighted by molar-refractivity contribution is 0.0982. The van der Waals surface area contributed by atoms with Crippen LogP contribution in [0.2, 0.25) is 0 Å². The number of nitrogens with zero attached hydrogens (tertiary/aromatic N) is 2. The highest BCUT2D eigenvalue weighted by atomic mass is 19.1. The minimum absolute atomic E-state index is 0.0582. The highest BCUT2D eigenvalue weighted by Gasteiger charge is 2.27. The van der Waals surface area contributed by atoms with E-state index in [-0.39, 0.29) is 11.3 Å². The average Bonchev–Trinajstić information content (AvgIpc) is 2.59. The van der Waals surface area contributed by atoms with Crippen LogP contribution in [0.5, 0.6) is 5.75 Å². The van der Waals surface area contributed by atoms with Crippen LogP contribution < -0.4 is 10.6 Å². The van der Waals surface area contributed by atoms with Gasteiger partial charge in [-0.1, -0.05) is 12.5 Å². The molecule has 1 heterocycles. The highest BCUT2D eigenvalue weighted by molar-refractivity contribution is 5.79. The van der Waals surface area contributed by atoms with E-state index in [1.54, 1.807) is 13.1 Å². The minimum Gasteiger partial charge on any atom is -0.505 e. The van der Waals surface area contributed by atoms with Gasteiger partial charge >= 0.3 is 0 Å². The Morgan fingerprint density at radius 1 is 1.25 bits per heavy atom. The van der Waals surface area contributed by atoms with Gasteiger partial charge in [0.05, 0.1) is 0 Å². The zero-order valence-electron chi connectivity index (χ0n) is 14.9. The van der Waals surface area contributed by atoms with Crippen molar-refractivity contribution in [3.05, 3.63) is 29.6 Å². The first kappa shape index (κ1) is 18.5. The number of halogens is 1. The molecule has 3 N–H and O–H groups in total. The summed E-state index contributed by atoms with van der Waals surface area (Å²) in [7, 11) is 1.72. The van der Waals surface area contributed by atoms with Crippen LogP contribution in [0.4, 0.5) is 4.39 Å². The van der Waals surface area contributed by atoms with Crippen molar-refractivity contribution in [3.8, 4) is 5.75 Å². The number of phenolic OH excluding ortho intramolecular Hbond substituents is 1. The molecule has 24 heavy (non-hydrogen) atoms. The van der Waals surface area contributed by atoms with Crippen molar-refractivity contribution in [2.45, 2.75) is 45.2 Å². The molecule has 5 nitrogen and oxygen atoms in total. The van der Waals surface area contributed by atoms with E-state index in [1.165, 1.54) is 31.4 Å². The molecule has 0 saturated carbocycles. The van der Waals surface area contributed by atoms with Crippen molar-refractivity contribution in [2.75, 3.05) is 26.7 Å². The molecule has 1 aliphatic heterocycles. The summed E-state index contributed by atoms with van der Waals surface area (Å²) in [6, 6.07) is 4.38. The van der Waals surface area contributed by atoms with E-state index in [0.717, 1.165) is 25.2 Å². The van der Waals surface area contributed by atoms with Crippen LogP contribution >= 0.6 is 0 Å². The van der Waals surface area contributed by atoms with E-state index in [2.05, 4.69) is 34.4 Å². The topological polar surface area (TPSA) is 59.9 Å². The number of piperidine rings is 1. The van der Waals surface area contributed by atoms with Crippen molar-refractivity contribution in [1.29, 1.82) is 0 Å². The summed E-state index contributed by atoms with van der Waals surface area (Å²) in [6.07, 6.45) is 3.86. The number of benzene rings is 1. The van der Waals surface area contributed by atoms with E-state index in [9.17, 15) is 9.50 Å². The zero-order valence-corrected chi connectivity index (χ0v) is 14.9. The number of aliphatic imine (C=N–C) groups is 1. The summed E-state index contributed by atoms with van der Waals surface area (Å²) in [5.41, 5.74) is 0.811. The van der Waals surface area contributed by atoms with Gasteiger partial charge in [-0.05, 0) is 57.5 Å². The predicted molar refractivity (Wildman–Crippen MR) is 95.8 cm³/mol. The summed E-state index contributed by atoms with van der Waals surface area (Å²) in [4.78, 5) is 6.74. The van der Waals surface area contributed by atoms with Crippen molar-refractivity contribution < 1.29 is 9.50 Å². The Morgan fingerprint density at radius 3 is 2.58 bits per heavy atom. The van der Waals surface area contributed by atoms with Gasteiger partial charge in [-0.2, -0.15) is 0 Å². The van der Waals surface area contributed by atoms with Gasteiger partial charge in [0.25, 0.3) is 0 Å². The Bertz CT molecular complexity index is 568. The Kier molecular flexibility index (Phi) is 6.43. The van der Waals surface area contributed by atoms with Crippen molar-refractivity contribution in [1.82, 2.24) is 15.5 Å². The molecule has 0 atom stereocenters. The fraction of sp³-hybridized carbons (Fsp3) is 0.611. The van der Waals surface area contributed by atoms with Gasteiger partial charge in [-0.25, -0.2) is 4.39 Å². The van der Waals surface area contributed by atoms with Crippen LogP contribution in [-0.4, -0.2) is 48.2 Å². The number of hydrogen-bond acceptors (Lipinski definition) is 3. The molecule has 2 rings (SSSR count). The van der Waals surface area contributed by atoms with Crippen LogP contribution in [0.1, 0.15) is 38.7 Å². The molecule has 0 radical (unpaired) electrons. The van der Waals surface area contributed by atoms with Gasteiger partial charge < -0.3 is 15.7 Å². The molecule has 0 aromatic heterocycles. The summed E-state index contributed by atoms with van der Waals surface area (Å²) in [6.45, 7) is 8.01. The third kappa shape index (κ3) is 5.09.